The van der Waals surface area contributed by atoms with Gasteiger partial charge in [0.15, 0.2) is 5.78 Å². The van der Waals surface area contributed by atoms with E-state index in [0.717, 1.165) is 37.3 Å². The van der Waals surface area contributed by atoms with Crippen molar-refractivity contribution < 1.29 is 9.90 Å². The van der Waals surface area contributed by atoms with Crippen LogP contribution >= 0.6 is 34.0 Å². The number of rotatable bonds is 3. The third-order valence-corrected chi connectivity index (χ3v) is 5.01. The summed E-state index contributed by atoms with van der Waals surface area (Å²) in [6.45, 7) is 16.8. The van der Waals surface area contributed by atoms with Gasteiger partial charge in [-0.3, -0.25) is 9.69 Å². The highest BCUT2D eigenvalue weighted by atomic mass is 79.9. The first-order valence-corrected chi connectivity index (χ1v) is 9.21. The summed E-state index contributed by atoms with van der Waals surface area (Å²) in [5.41, 5.74) is 1.98. The van der Waals surface area contributed by atoms with Crippen molar-refractivity contribution in [2.24, 2.45) is 0 Å². The third-order valence-electron chi connectivity index (χ3n) is 5.01. The van der Waals surface area contributed by atoms with E-state index >= 15 is 0 Å². The number of phenolic OH excluding ortho intramolecular Hbond substituents is 1. The molecule has 1 aliphatic rings. The van der Waals surface area contributed by atoms with Crippen molar-refractivity contribution in [3.8, 4) is 5.75 Å². The number of halogens is 2. The zero-order valence-corrected chi connectivity index (χ0v) is 21.2. The summed E-state index contributed by atoms with van der Waals surface area (Å²) >= 11 is 0. The van der Waals surface area contributed by atoms with Crippen molar-refractivity contribution in [2.75, 3.05) is 39.8 Å². The third kappa shape index (κ3) is 6.84. The Kier molecular flexibility index (Phi) is 9.70. The average molecular weight is 508 g/mol. The molecule has 1 heterocycles. The van der Waals surface area contributed by atoms with Gasteiger partial charge < -0.3 is 10.0 Å². The van der Waals surface area contributed by atoms with E-state index in [1.165, 1.54) is 0 Å². The van der Waals surface area contributed by atoms with Crippen LogP contribution in [0.25, 0.3) is 0 Å². The molecular weight excluding hydrogens is 472 g/mol. The van der Waals surface area contributed by atoms with Gasteiger partial charge in [0, 0.05) is 42.9 Å². The Morgan fingerprint density at radius 2 is 1.33 bits per heavy atom. The fourth-order valence-electron chi connectivity index (χ4n) is 3.24. The minimum absolute atomic E-state index is 0. The number of carbonyl (C=O) groups excluding carboxylic acids is 1. The molecule has 0 atom stereocenters. The van der Waals surface area contributed by atoms with Gasteiger partial charge >= 0.3 is 0 Å². The first-order chi connectivity index (χ1) is 11.4. The molecule has 0 aliphatic carbocycles. The number of hydrogen-bond acceptors (Lipinski definition) is 4. The quantitative estimate of drug-likeness (QED) is 0.608. The maximum absolute atomic E-state index is 12.9. The average Bonchev–Trinajstić information content (AvgIpc) is 2.47. The van der Waals surface area contributed by atoms with Crippen LogP contribution in [0.3, 0.4) is 0 Å². The predicted octanol–water partition coefficient (Wildman–Crippen LogP) is 4.57. The van der Waals surface area contributed by atoms with E-state index in [9.17, 15) is 9.90 Å². The summed E-state index contributed by atoms with van der Waals surface area (Å²) in [5, 5.41) is 10.8. The number of nitrogens with zero attached hydrogens (tertiary/aromatic N) is 2. The largest absolute Gasteiger partial charge is 0.507 e. The van der Waals surface area contributed by atoms with Gasteiger partial charge in [0.2, 0.25) is 0 Å². The lowest BCUT2D eigenvalue weighted by molar-refractivity contribution is 0.0876. The predicted molar refractivity (Wildman–Crippen MR) is 124 cm³/mol. The molecule has 1 aromatic carbocycles. The Labute approximate surface area is 185 Å². The maximum Gasteiger partial charge on any atom is 0.176 e. The highest BCUT2D eigenvalue weighted by molar-refractivity contribution is 8.93. The molecule has 6 heteroatoms. The number of likely N-dealkylation sites (N-methyl/N-ethyl adjacent to an activating group) is 1. The number of ketones is 1. The van der Waals surface area contributed by atoms with E-state index in [0.29, 0.717) is 17.9 Å². The lowest BCUT2D eigenvalue weighted by atomic mass is 9.78. The van der Waals surface area contributed by atoms with Crippen molar-refractivity contribution in [1.82, 2.24) is 9.80 Å². The summed E-state index contributed by atoms with van der Waals surface area (Å²) < 4.78 is 0. The van der Waals surface area contributed by atoms with Gasteiger partial charge in [-0.1, -0.05) is 41.5 Å². The van der Waals surface area contributed by atoms with Gasteiger partial charge in [-0.05, 0) is 30.0 Å². The SMILES string of the molecule is Br.Br.CN1CCN(CC(=O)c2cc(C(C)(C)C)c(O)c(C(C)(C)C)c2)CC1. The standard InChI is InChI=1S/C21H34N2O2.2BrH/c1-20(2,3)16-12-15(13-17(19(16)25)21(4,5)6)18(24)14-23-10-8-22(7)9-11-23;;/h12-13,25H,8-11,14H2,1-7H3;2*1H. The molecule has 156 valence electrons. The van der Waals surface area contributed by atoms with E-state index in [-0.39, 0.29) is 50.6 Å². The van der Waals surface area contributed by atoms with Crippen molar-refractivity contribution in [3.05, 3.63) is 28.8 Å². The lowest BCUT2D eigenvalue weighted by Crippen LogP contribution is -2.46. The van der Waals surface area contributed by atoms with Gasteiger partial charge in [-0.2, -0.15) is 0 Å². The molecule has 1 saturated heterocycles. The van der Waals surface area contributed by atoms with Crippen LogP contribution in [0.5, 0.6) is 5.75 Å². The second kappa shape index (κ2) is 9.86. The molecule has 1 N–H and O–H groups in total. The van der Waals surface area contributed by atoms with E-state index in [1.807, 2.05) is 12.1 Å². The van der Waals surface area contributed by atoms with Gasteiger partial charge in [0.1, 0.15) is 5.75 Å². The molecule has 1 aromatic rings. The van der Waals surface area contributed by atoms with E-state index in [4.69, 9.17) is 0 Å². The zero-order chi connectivity index (χ0) is 19.0. The normalized spacial score (nSPS) is 16.4. The van der Waals surface area contributed by atoms with Crippen LogP contribution in [0, 0.1) is 0 Å². The Morgan fingerprint density at radius 3 is 1.70 bits per heavy atom. The number of Topliss-reactive ketones (excluding diaryl/α,β-unsaturated/α-hetero) is 1. The second-order valence-electron chi connectivity index (χ2n) is 9.42. The Hall–Kier alpha value is -0.430. The monoisotopic (exact) mass is 506 g/mol. The summed E-state index contributed by atoms with van der Waals surface area (Å²) in [6.07, 6.45) is 0. The van der Waals surface area contributed by atoms with Crippen molar-refractivity contribution >= 4 is 39.7 Å². The molecule has 4 nitrogen and oxygen atoms in total. The second-order valence-corrected chi connectivity index (χ2v) is 9.42. The van der Waals surface area contributed by atoms with Gasteiger partial charge in [-0.15, -0.1) is 34.0 Å². The van der Waals surface area contributed by atoms with Crippen molar-refractivity contribution in [3.63, 3.8) is 0 Å². The smallest absolute Gasteiger partial charge is 0.176 e. The summed E-state index contributed by atoms with van der Waals surface area (Å²) in [7, 11) is 2.12. The summed E-state index contributed by atoms with van der Waals surface area (Å²) in [4.78, 5) is 17.4. The first-order valence-electron chi connectivity index (χ1n) is 9.21. The van der Waals surface area contributed by atoms with Gasteiger partial charge in [-0.25, -0.2) is 0 Å². The summed E-state index contributed by atoms with van der Waals surface area (Å²) in [6, 6.07) is 3.78. The van der Waals surface area contributed by atoms with Crippen molar-refractivity contribution in [2.45, 2.75) is 52.4 Å². The Morgan fingerprint density at radius 1 is 0.926 bits per heavy atom. The van der Waals surface area contributed by atoms with Gasteiger partial charge in [0.05, 0.1) is 6.54 Å². The van der Waals surface area contributed by atoms with Crippen LogP contribution in [0.1, 0.15) is 63.0 Å². The number of hydrogen-bond donors (Lipinski definition) is 1. The van der Waals surface area contributed by atoms with Crippen LogP contribution in [-0.2, 0) is 10.8 Å². The zero-order valence-electron chi connectivity index (χ0n) is 17.8. The molecule has 0 radical (unpaired) electrons. The van der Waals surface area contributed by atoms with Crippen LogP contribution in [-0.4, -0.2) is 60.5 Å². The fourth-order valence-corrected chi connectivity index (χ4v) is 3.24. The number of piperazine rings is 1. The molecule has 27 heavy (non-hydrogen) atoms. The minimum atomic E-state index is -0.214. The first kappa shape index (κ1) is 26.6. The molecule has 1 fully saturated rings. The van der Waals surface area contributed by atoms with E-state index in [2.05, 4.69) is 58.4 Å². The molecule has 0 unspecified atom stereocenters. The van der Waals surface area contributed by atoms with Crippen LogP contribution in [0.15, 0.2) is 12.1 Å². The Bertz CT molecular complexity index is 606. The van der Waals surface area contributed by atoms with E-state index in [1.54, 1.807) is 0 Å². The minimum Gasteiger partial charge on any atom is -0.507 e. The highest BCUT2D eigenvalue weighted by Gasteiger charge is 2.28. The Balaban J connectivity index is 0.00000338. The molecule has 0 spiro atoms. The van der Waals surface area contributed by atoms with Gasteiger partial charge in [0.25, 0.3) is 0 Å². The molecular formula is C21H36Br2N2O2. The number of benzene rings is 1. The number of aromatic hydroxyl groups is 1. The van der Waals surface area contributed by atoms with Crippen LogP contribution in [0.4, 0.5) is 0 Å². The molecule has 0 saturated carbocycles. The van der Waals surface area contributed by atoms with Crippen molar-refractivity contribution in [1.29, 1.82) is 0 Å². The molecule has 0 bridgehead atoms. The van der Waals surface area contributed by atoms with Crippen LogP contribution in [0.2, 0.25) is 0 Å². The molecule has 2 rings (SSSR count). The lowest BCUT2D eigenvalue weighted by Gasteiger charge is -2.32. The summed E-state index contributed by atoms with van der Waals surface area (Å²) in [5.74, 6) is 0.469. The number of carbonyl (C=O) groups is 1. The highest BCUT2D eigenvalue weighted by Crippen LogP contribution is 2.39. The topological polar surface area (TPSA) is 43.8 Å². The maximum atomic E-state index is 12.9. The fraction of sp³-hybridized carbons (Fsp3) is 0.667. The molecule has 1 aliphatic heterocycles. The molecule has 0 amide bonds. The number of phenols is 1. The van der Waals surface area contributed by atoms with E-state index < -0.39 is 0 Å². The van der Waals surface area contributed by atoms with Crippen LogP contribution < -0.4 is 0 Å². The molecule has 0 aromatic heterocycles.